The molecule has 0 fully saturated rings. The Bertz CT molecular complexity index is 685. The summed E-state index contributed by atoms with van der Waals surface area (Å²) < 4.78 is 5.23. The van der Waals surface area contributed by atoms with Gasteiger partial charge in [-0.25, -0.2) is 4.79 Å². The molecule has 0 aromatic heterocycles. The fourth-order valence-corrected chi connectivity index (χ4v) is 2.29. The Morgan fingerprint density at radius 2 is 1.82 bits per heavy atom. The maximum atomic E-state index is 12.0. The first-order chi connectivity index (χ1) is 10.7. The van der Waals surface area contributed by atoms with Gasteiger partial charge in [-0.05, 0) is 17.7 Å². The lowest BCUT2D eigenvalue weighted by atomic mass is 10.1. The lowest BCUT2D eigenvalue weighted by molar-refractivity contribution is -0.138. The number of para-hydroxylation sites is 2. The number of hydrogen-bond donors (Lipinski definition) is 2. The molecule has 22 heavy (non-hydrogen) atoms. The van der Waals surface area contributed by atoms with E-state index in [4.69, 9.17) is 4.74 Å². The van der Waals surface area contributed by atoms with E-state index in [1.54, 1.807) is 12.1 Å². The van der Waals surface area contributed by atoms with Gasteiger partial charge in [-0.1, -0.05) is 42.5 Å². The normalized spacial score (nSPS) is 16.2. The number of esters is 1. The second-order valence-corrected chi connectivity index (χ2v) is 5.08. The van der Waals surface area contributed by atoms with E-state index in [1.165, 1.54) is 0 Å². The Balaban J connectivity index is 1.57. The molecule has 1 aliphatic rings. The molecule has 0 spiro atoms. The third kappa shape index (κ3) is 3.25. The number of carbonyl (C=O) groups excluding carboxylic acids is 2. The smallest absolute Gasteiger partial charge is 0.334 e. The number of rotatable bonds is 4. The van der Waals surface area contributed by atoms with Crippen LogP contribution in [-0.2, 0) is 16.1 Å². The number of anilines is 1. The van der Waals surface area contributed by atoms with Crippen molar-refractivity contribution in [2.24, 2.45) is 0 Å². The molecular formula is C17H16N2O3. The monoisotopic (exact) mass is 296 g/mol. The van der Waals surface area contributed by atoms with Crippen molar-refractivity contribution < 1.29 is 14.3 Å². The van der Waals surface area contributed by atoms with E-state index in [2.05, 4.69) is 10.6 Å². The molecule has 1 amide bonds. The summed E-state index contributed by atoms with van der Waals surface area (Å²) in [6, 6.07) is 16.1. The first-order valence-electron chi connectivity index (χ1n) is 7.10. The van der Waals surface area contributed by atoms with Gasteiger partial charge in [0.1, 0.15) is 6.04 Å². The molecule has 112 valence electrons. The topological polar surface area (TPSA) is 67.4 Å². The molecule has 1 atom stereocenters. The van der Waals surface area contributed by atoms with Crippen molar-refractivity contribution in [3.8, 4) is 5.75 Å². The number of carbonyl (C=O) groups is 2. The van der Waals surface area contributed by atoms with Crippen molar-refractivity contribution in [1.82, 2.24) is 5.32 Å². The second kappa shape index (κ2) is 6.30. The Morgan fingerprint density at radius 1 is 1.09 bits per heavy atom. The van der Waals surface area contributed by atoms with Crippen LogP contribution < -0.4 is 15.4 Å². The molecule has 5 nitrogen and oxygen atoms in total. The fourth-order valence-electron chi connectivity index (χ4n) is 2.29. The third-order valence-electron chi connectivity index (χ3n) is 3.43. The zero-order chi connectivity index (χ0) is 15.4. The summed E-state index contributed by atoms with van der Waals surface area (Å²) in [4.78, 5) is 23.9. The minimum atomic E-state index is -0.661. The van der Waals surface area contributed by atoms with Crippen LogP contribution in [0.4, 0.5) is 5.69 Å². The third-order valence-corrected chi connectivity index (χ3v) is 3.43. The van der Waals surface area contributed by atoms with Crippen LogP contribution in [0.2, 0.25) is 0 Å². The molecule has 1 aliphatic heterocycles. The number of fused-ring (bicyclic) bond motifs is 1. The summed E-state index contributed by atoms with van der Waals surface area (Å²) in [6.45, 7) is 0.442. The van der Waals surface area contributed by atoms with Gasteiger partial charge in [-0.3, -0.25) is 4.79 Å². The zero-order valence-corrected chi connectivity index (χ0v) is 11.9. The van der Waals surface area contributed by atoms with E-state index in [-0.39, 0.29) is 12.3 Å². The van der Waals surface area contributed by atoms with Crippen LogP contribution in [0.5, 0.6) is 5.75 Å². The van der Waals surface area contributed by atoms with Gasteiger partial charge in [0.2, 0.25) is 5.91 Å². The van der Waals surface area contributed by atoms with Gasteiger partial charge in [0.15, 0.2) is 5.75 Å². The Kier molecular flexibility index (Phi) is 4.05. The average molecular weight is 296 g/mol. The molecule has 1 heterocycles. The quantitative estimate of drug-likeness (QED) is 0.669. The van der Waals surface area contributed by atoms with Crippen LogP contribution in [-0.4, -0.2) is 17.9 Å². The van der Waals surface area contributed by atoms with Crippen LogP contribution in [0.15, 0.2) is 54.6 Å². The van der Waals surface area contributed by atoms with Crippen LogP contribution in [0.3, 0.4) is 0 Å². The molecule has 0 bridgehead atoms. The molecule has 2 aromatic rings. The summed E-state index contributed by atoms with van der Waals surface area (Å²) in [7, 11) is 0. The Morgan fingerprint density at radius 3 is 2.64 bits per heavy atom. The number of benzene rings is 2. The highest BCUT2D eigenvalue weighted by molar-refractivity contribution is 5.91. The van der Waals surface area contributed by atoms with Crippen molar-refractivity contribution in [3.05, 3.63) is 60.2 Å². The van der Waals surface area contributed by atoms with Gasteiger partial charge in [-0.2, -0.15) is 0 Å². The lowest BCUT2D eigenvalue weighted by Gasteiger charge is -2.25. The summed E-state index contributed by atoms with van der Waals surface area (Å²) in [6.07, 6.45) is 0.0417. The van der Waals surface area contributed by atoms with Gasteiger partial charge in [0.25, 0.3) is 0 Å². The summed E-state index contributed by atoms with van der Waals surface area (Å²) in [5.41, 5.74) is 1.74. The lowest BCUT2D eigenvalue weighted by Crippen LogP contribution is -2.41. The standard InChI is InChI=1S/C17H16N2O3/c20-16(18-11-12-6-2-1-3-7-12)10-14-17(21)22-15-9-5-4-8-13(15)19-14/h1-9,14,19H,10-11H2,(H,18,20)/t14-/m1/s1. The van der Waals surface area contributed by atoms with E-state index in [0.717, 1.165) is 11.3 Å². The van der Waals surface area contributed by atoms with Crippen LogP contribution in [0.25, 0.3) is 0 Å². The first-order valence-corrected chi connectivity index (χ1v) is 7.10. The highest BCUT2D eigenvalue weighted by Crippen LogP contribution is 2.29. The van der Waals surface area contributed by atoms with Gasteiger partial charge in [-0.15, -0.1) is 0 Å². The molecule has 2 N–H and O–H groups in total. The van der Waals surface area contributed by atoms with Crippen molar-refractivity contribution in [3.63, 3.8) is 0 Å². The highest BCUT2D eigenvalue weighted by Gasteiger charge is 2.29. The summed E-state index contributed by atoms with van der Waals surface area (Å²) in [5, 5.41) is 5.84. The van der Waals surface area contributed by atoms with Crippen LogP contribution >= 0.6 is 0 Å². The molecule has 2 aromatic carbocycles. The first kappa shape index (κ1) is 14.1. The maximum absolute atomic E-state index is 12.0. The van der Waals surface area contributed by atoms with E-state index in [9.17, 15) is 9.59 Å². The van der Waals surface area contributed by atoms with Crippen LogP contribution in [0.1, 0.15) is 12.0 Å². The average Bonchev–Trinajstić information content (AvgIpc) is 2.55. The predicted octanol–water partition coefficient (Wildman–Crippen LogP) is 2.09. The Hall–Kier alpha value is -2.82. The van der Waals surface area contributed by atoms with Crippen molar-refractivity contribution in [1.29, 1.82) is 0 Å². The molecule has 3 rings (SSSR count). The van der Waals surface area contributed by atoms with Crippen molar-refractivity contribution in [2.75, 3.05) is 5.32 Å². The maximum Gasteiger partial charge on any atom is 0.334 e. The van der Waals surface area contributed by atoms with Gasteiger partial charge in [0.05, 0.1) is 12.1 Å². The molecule has 0 saturated carbocycles. The van der Waals surface area contributed by atoms with Gasteiger partial charge < -0.3 is 15.4 Å². The molecular weight excluding hydrogens is 280 g/mol. The summed E-state index contributed by atoms with van der Waals surface area (Å²) >= 11 is 0. The van der Waals surface area contributed by atoms with Gasteiger partial charge >= 0.3 is 5.97 Å². The van der Waals surface area contributed by atoms with Crippen molar-refractivity contribution in [2.45, 2.75) is 19.0 Å². The summed E-state index contributed by atoms with van der Waals surface area (Å²) in [5.74, 6) is -0.139. The van der Waals surface area contributed by atoms with Gasteiger partial charge in [0, 0.05) is 6.54 Å². The Labute approximate surface area is 128 Å². The molecule has 0 radical (unpaired) electrons. The zero-order valence-electron chi connectivity index (χ0n) is 11.9. The number of amides is 1. The number of nitrogens with one attached hydrogen (secondary N) is 2. The molecule has 5 heteroatoms. The molecule has 0 saturated heterocycles. The minimum Gasteiger partial charge on any atom is -0.423 e. The van der Waals surface area contributed by atoms with E-state index >= 15 is 0 Å². The van der Waals surface area contributed by atoms with Crippen LogP contribution in [0, 0.1) is 0 Å². The SMILES string of the molecule is O=C(C[C@H]1Nc2ccccc2OC1=O)NCc1ccccc1. The van der Waals surface area contributed by atoms with E-state index in [1.807, 2.05) is 42.5 Å². The highest BCUT2D eigenvalue weighted by atomic mass is 16.5. The second-order valence-electron chi connectivity index (χ2n) is 5.08. The molecule has 0 aliphatic carbocycles. The predicted molar refractivity (Wildman–Crippen MR) is 82.4 cm³/mol. The number of ether oxygens (including phenoxy) is 1. The number of hydrogen-bond acceptors (Lipinski definition) is 4. The minimum absolute atomic E-state index is 0.0417. The van der Waals surface area contributed by atoms with E-state index in [0.29, 0.717) is 12.3 Å². The van der Waals surface area contributed by atoms with E-state index < -0.39 is 12.0 Å². The largest absolute Gasteiger partial charge is 0.423 e. The fraction of sp³-hybridized carbons (Fsp3) is 0.176. The molecule has 0 unspecified atom stereocenters. The van der Waals surface area contributed by atoms with Crippen molar-refractivity contribution >= 4 is 17.6 Å².